The molecule has 0 radical (unpaired) electrons. The molecule has 1 aromatic rings. The molecule has 1 aromatic heterocycles. The van der Waals surface area contributed by atoms with Crippen LogP contribution in [0.5, 0.6) is 0 Å². The van der Waals surface area contributed by atoms with Crippen molar-refractivity contribution in [2.24, 2.45) is 11.1 Å². The molecule has 0 aliphatic carbocycles. The number of carboxylic acids is 1. The van der Waals surface area contributed by atoms with Crippen LogP contribution in [0.2, 0.25) is 0 Å². The van der Waals surface area contributed by atoms with Crippen LogP contribution in [-0.4, -0.2) is 56.3 Å². The van der Waals surface area contributed by atoms with Crippen molar-refractivity contribution in [1.29, 1.82) is 0 Å². The highest BCUT2D eigenvalue weighted by molar-refractivity contribution is 8.00. The molecule has 0 bridgehead atoms. The van der Waals surface area contributed by atoms with E-state index in [1.165, 1.54) is 23.5 Å². The largest absolute Gasteiger partial charge is 0.481 e. The predicted molar refractivity (Wildman–Crippen MR) is 82.7 cm³/mol. The molecule has 1 amide bonds. The van der Waals surface area contributed by atoms with Gasteiger partial charge in [0.2, 0.25) is 5.91 Å². The van der Waals surface area contributed by atoms with E-state index in [0.29, 0.717) is 22.5 Å². The molecule has 0 aromatic carbocycles. The molecule has 0 spiro atoms. The number of aliphatic carboxylic acids is 1. The van der Waals surface area contributed by atoms with Crippen LogP contribution < -0.4 is 5.73 Å². The van der Waals surface area contributed by atoms with Gasteiger partial charge in [-0.1, -0.05) is 11.8 Å². The number of carboxylic acid groups (broad SMARTS) is 1. The third-order valence-corrected chi connectivity index (χ3v) is 6.93. The average molecular weight is 343 g/mol. The second kappa shape index (κ2) is 5.47. The molecule has 3 atom stereocenters. The van der Waals surface area contributed by atoms with Gasteiger partial charge in [0.15, 0.2) is 11.0 Å². The summed E-state index contributed by atoms with van der Waals surface area (Å²) < 4.78 is 5.48. The molecule has 7 nitrogen and oxygen atoms in total. The lowest BCUT2D eigenvalue weighted by molar-refractivity contribution is -0.155. The van der Waals surface area contributed by atoms with E-state index in [1.54, 1.807) is 11.8 Å². The Kier molecular flexibility index (Phi) is 3.90. The maximum Gasteiger partial charge on any atom is 0.313 e. The first kappa shape index (κ1) is 15.7. The van der Waals surface area contributed by atoms with Crippen LogP contribution in [0, 0.1) is 19.3 Å². The molecule has 2 aliphatic rings. The Labute approximate surface area is 136 Å². The number of oxazole rings is 1. The van der Waals surface area contributed by atoms with E-state index in [-0.39, 0.29) is 17.8 Å². The van der Waals surface area contributed by atoms with Gasteiger partial charge in [0.1, 0.15) is 16.8 Å². The van der Waals surface area contributed by atoms with E-state index in [2.05, 4.69) is 4.98 Å². The van der Waals surface area contributed by atoms with E-state index >= 15 is 0 Å². The van der Waals surface area contributed by atoms with Gasteiger partial charge in [-0.05, 0) is 6.92 Å². The number of hydrogen-bond donors (Lipinski definition) is 2. The molecule has 0 saturated carbocycles. The zero-order valence-corrected chi connectivity index (χ0v) is 13.9. The molecule has 2 saturated heterocycles. The van der Waals surface area contributed by atoms with E-state index in [0.717, 1.165) is 5.69 Å². The first-order valence-electron chi connectivity index (χ1n) is 6.82. The van der Waals surface area contributed by atoms with E-state index in [1.807, 2.05) is 6.92 Å². The van der Waals surface area contributed by atoms with Gasteiger partial charge in [-0.25, -0.2) is 4.98 Å². The van der Waals surface area contributed by atoms with Gasteiger partial charge in [0.05, 0.1) is 5.69 Å². The fourth-order valence-corrected chi connectivity index (χ4v) is 5.43. The summed E-state index contributed by atoms with van der Waals surface area (Å²) in [6, 6.07) is -0.497. The van der Waals surface area contributed by atoms with Gasteiger partial charge in [-0.3, -0.25) is 9.59 Å². The quantitative estimate of drug-likeness (QED) is 0.607. The van der Waals surface area contributed by atoms with Crippen molar-refractivity contribution in [3.63, 3.8) is 0 Å². The van der Waals surface area contributed by atoms with Crippen molar-refractivity contribution in [3.05, 3.63) is 11.6 Å². The Morgan fingerprint density at radius 3 is 2.95 bits per heavy atom. The van der Waals surface area contributed by atoms with E-state index in [4.69, 9.17) is 10.2 Å². The molecule has 22 heavy (non-hydrogen) atoms. The normalized spacial score (nSPS) is 30.9. The summed E-state index contributed by atoms with van der Waals surface area (Å²) in [6.07, 6.45) is 0. The fraction of sp³-hybridized carbons (Fsp3) is 0.615. The summed E-state index contributed by atoms with van der Waals surface area (Å²) >= 11 is 2.78. The van der Waals surface area contributed by atoms with Gasteiger partial charge in [0.25, 0.3) is 0 Å². The topological polar surface area (TPSA) is 110 Å². The zero-order chi connectivity index (χ0) is 16.1. The molecule has 2 unspecified atom stereocenters. The van der Waals surface area contributed by atoms with Crippen LogP contribution in [-0.2, 0) is 9.59 Å². The monoisotopic (exact) mass is 343 g/mol. The number of carbonyl (C=O) groups is 2. The summed E-state index contributed by atoms with van der Waals surface area (Å²) in [7, 11) is 0. The number of carbonyl (C=O) groups excluding carboxylic acids is 1. The number of hydrogen-bond acceptors (Lipinski definition) is 7. The van der Waals surface area contributed by atoms with Gasteiger partial charge in [-0.15, -0.1) is 11.8 Å². The summed E-state index contributed by atoms with van der Waals surface area (Å²) in [5.41, 5.74) is 5.51. The second-order valence-corrected chi connectivity index (χ2v) is 7.73. The lowest BCUT2D eigenvalue weighted by Gasteiger charge is -2.52. The van der Waals surface area contributed by atoms with Gasteiger partial charge in [0, 0.05) is 25.0 Å². The summed E-state index contributed by atoms with van der Waals surface area (Å²) in [5.74, 6) is 0.263. The number of β-lactam (4-membered cyclic amide) rings is 1. The van der Waals surface area contributed by atoms with Crippen LogP contribution in [0.3, 0.4) is 0 Å². The lowest BCUT2D eigenvalue weighted by atomic mass is 9.89. The Bertz CT molecular complexity index is 635. The predicted octanol–water partition coefficient (Wildman–Crippen LogP) is 0.697. The molecular formula is C13H17N3O4S2. The standard InChI is InChI=1S/C13H17N3O4S2/c1-6-11(20-7(2)15-6)22-5-13(12(18)19)3-16-9(17)8(14)10(16)21-4-13/h8,10H,3-5,14H2,1-2H3,(H,18,19)/t8?,10-,13?/m1/s1. The number of fused-ring (bicyclic) bond motifs is 1. The number of amides is 1. The van der Waals surface area contributed by atoms with Crippen molar-refractivity contribution in [1.82, 2.24) is 9.88 Å². The number of rotatable bonds is 4. The number of nitrogens with two attached hydrogens (primary N) is 1. The molecule has 2 fully saturated rings. The smallest absolute Gasteiger partial charge is 0.313 e. The fourth-order valence-electron chi connectivity index (χ4n) is 2.66. The first-order valence-corrected chi connectivity index (χ1v) is 8.85. The zero-order valence-electron chi connectivity index (χ0n) is 12.2. The summed E-state index contributed by atoms with van der Waals surface area (Å²) in [6.45, 7) is 3.78. The highest BCUT2D eigenvalue weighted by Gasteiger charge is 2.55. The molecule has 3 heterocycles. The van der Waals surface area contributed by atoms with Crippen molar-refractivity contribution < 1.29 is 19.1 Å². The Morgan fingerprint density at radius 2 is 2.36 bits per heavy atom. The van der Waals surface area contributed by atoms with Crippen LogP contribution in [0.1, 0.15) is 11.6 Å². The lowest BCUT2D eigenvalue weighted by Crippen LogP contribution is -2.72. The van der Waals surface area contributed by atoms with Crippen LogP contribution in [0.25, 0.3) is 0 Å². The van der Waals surface area contributed by atoms with E-state index < -0.39 is 17.4 Å². The van der Waals surface area contributed by atoms with Crippen molar-refractivity contribution in [2.45, 2.75) is 30.4 Å². The Hall–Kier alpha value is -1.19. The minimum atomic E-state index is -0.991. The van der Waals surface area contributed by atoms with Crippen molar-refractivity contribution >= 4 is 35.4 Å². The third-order valence-electron chi connectivity index (χ3n) is 3.98. The number of aromatic nitrogens is 1. The second-order valence-electron chi connectivity index (χ2n) is 5.67. The minimum Gasteiger partial charge on any atom is -0.481 e. The van der Waals surface area contributed by atoms with Crippen LogP contribution >= 0.6 is 23.5 Å². The Morgan fingerprint density at radius 1 is 1.64 bits per heavy atom. The highest BCUT2D eigenvalue weighted by atomic mass is 32.2. The van der Waals surface area contributed by atoms with Crippen molar-refractivity contribution in [3.8, 4) is 0 Å². The molecule has 2 aliphatic heterocycles. The average Bonchev–Trinajstić information content (AvgIpc) is 2.81. The summed E-state index contributed by atoms with van der Waals surface area (Å²) in [5, 5.41) is 10.2. The highest BCUT2D eigenvalue weighted by Crippen LogP contribution is 2.44. The maximum atomic E-state index is 11.8. The van der Waals surface area contributed by atoms with Gasteiger partial charge >= 0.3 is 5.97 Å². The molecule has 9 heteroatoms. The minimum absolute atomic E-state index is 0.0840. The Balaban J connectivity index is 1.74. The summed E-state index contributed by atoms with van der Waals surface area (Å²) in [4.78, 5) is 29.4. The van der Waals surface area contributed by atoms with E-state index in [9.17, 15) is 14.7 Å². The number of nitrogens with zero attached hydrogens (tertiary/aromatic N) is 2. The van der Waals surface area contributed by atoms with Gasteiger partial charge in [-0.2, -0.15) is 0 Å². The SMILES string of the molecule is Cc1nc(C)c(SCC2(C(=O)O)CS[C@@H]3C(N)C(=O)N3C2)o1. The molecule has 3 rings (SSSR count). The van der Waals surface area contributed by atoms with Crippen LogP contribution in [0.15, 0.2) is 9.51 Å². The third kappa shape index (κ3) is 2.40. The molecule has 120 valence electrons. The molecular weight excluding hydrogens is 326 g/mol. The first-order chi connectivity index (χ1) is 10.3. The van der Waals surface area contributed by atoms with Crippen LogP contribution in [0.4, 0.5) is 0 Å². The van der Waals surface area contributed by atoms with Crippen molar-refractivity contribution in [2.75, 3.05) is 18.1 Å². The van der Waals surface area contributed by atoms with Gasteiger partial charge < -0.3 is 20.2 Å². The molecule has 3 N–H and O–H groups in total. The maximum absolute atomic E-state index is 11.8. The number of aryl methyl sites for hydroxylation is 2. The number of thioether (sulfide) groups is 2.